The molecule has 2 atom stereocenters. The van der Waals surface area contributed by atoms with Gasteiger partial charge in [-0.3, -0.25) is 4.79 Å². The van der Waals surface area contributed by atoms with Crippen LogP contribution in [-0.2, 0) is 0 Å². The highest BCUT2D eigenvalue weighted by molar-refractivity contribution is 9.10. The summed E-state index contributed by atoms with van der Waals surface area (Å²) in [5, 5.41) is 2.91. The first-order valence-corrected chi connectivity index (χ1v) is 8.45. The molecule has 1 aromatic carbocycles. The first-order chi connectivity index (χ1) is 10.1. The van der Waals surface area contributed by atoms with E-state index in [2.05, 4.69) is 28.2 Å². The number of quaternary nitrogens is 1. The molecule has 0 aliphatic carbocycles. The standard InChI is InChI=1S/C16H22BrFN2O/c1-12-5-2-3-9-20(12)10-4-8-19-16(21)14-7-6-13(18)11-15(14)17/h6-7,11-12H,2-5,8-10H2,1H3,(H,19,21)/p+1/t12-/m0/s1. The second kappa shape index (κ2) is 7.90. The minimum absolute atomic E-state index is 0.149. The van der Waals surface area contributed by atoms with E-state index >= 15 is 0 Å². The highest BCUT2D eigenvalue weighted by atomic mass is 79.9. The molecule has 1 aliphatic rings. The molecule has 1 fully saturated rings. The second-order valence-electron chi connectivity index (χ2n) is 5.79. The van der Waals surface area contributed by atoms with Gasteiger partial charge >= 0.3 is 0 Å². The Morgan fingerprint density at radius 2 is 2.29 bits per heavy atom. The molecule has 1 aliphatic heterocycles. The van der Waals surface area contributed by atoms with Crippen LogP contribution in [0.5, 0.6) is 0 Å². The predicted molar refractivity (Wildman–Crippen MR) is 85.1 cm³/mol. The van der Waals surface area contributed by atoms with Crippen LogP contribution in [0, 0.1) is 5.82 Å². The molecule has 2 N–H and O–H groups in total. The van der Waals surface area contributed by atoms with E-state index in [-0.39, 0.29) is 11.7 Å². The maximum Gasteiger partial charge on any atom is 0.252 e. The van der Waals surface area contributed by atoms with Gasteiger partial charge in [-0.1, -0.05) is 0 Å². The van der Waals surface area contributed by atoms with Crippen LogP contribution in [0.2, 0.25) is 0 Å². The SMILES string of the molecule is C[C@H]1CCCC[NH+]1CCCNC(=O)c1ccc(F)cc1Br. The van der Waals surface area contributed by atoms with Gasteiger partial charge in [-0.25, -0.2) is 4.39 Å². The maximum atomic E-state index is 13.0. The lowest BCUT2D eigenvalue weighted by atomic mass is 10.0. The topological polar surface area (TPSA) is 33.5 Å². The Bertz CT molecular complexity index is 495. The average molecular weight is 358 g/mol. The lowest BCUT2D eigenvalue weighted by Crippen LogP contribution is -3.16. The first-order valence-electron chi connectivity index (χ1n) is 7.66. The summed E-state index contributed by atoms with van der Waals surface area (Å²) in [5.41, 5.74) is 0.482. The molecule has 21 heavy (non-hydrogen) atoms. The number of carbonyl (C=O) groups excluding carboxylic acids is 1. The summed E-state index contributed by atoms with van der Waals surface area (Å²) in [6.45, 7) is 5.33. The number of halogens is 2. The Morgan fingerprint density at radius 3 is 3.00 bits per heavy atom. The van der Waals surface area contributed by atoms with Gasteiger partial charge in [0.2, 0.25) is 0 Å². The number of amides is 1. The van der Waals surface area contributed by atoms with Crippen molar-refractivity contribution >= 4 is 21.8 Å². The third kappa shape index (κ3) is 4.78. The molecular weight excluding hydrogens is 335 g/mol. The molecule has 1 heterocycles. The van der Waals surface area contributed by atoms with E-state index in [0.717, 1.165) is 19.0 Å². The second-order valence-corrected chi connectivity index (χ2v) is 6.64. The molecule has 1 saturated heterocycles. The van der Waals surface area contributed by atoms with Crippen molar-refractivity contribution < 1.29 is 14.1 Å². The summed E-state index contributed by atoms with van der Waals surface area (Å²) >= 11 is 3.22. The van der Waals surface area contributed by atoms with E-state index in [0.29, 0.717) is 16.6 Å². The van der Waals surface area contributed by atoms with Gasteiger partial charge in [0.05, 0.1) is 24.7 Å². The van der Waals surface area contributed by atoms with Gasteiger partial charge in [0, 0.05) is 17.4 Å². The van der Waals surface area contributed by atoms with E-state index in [9.17, 15) is 9.18 Å². The van der Waals surface area contributed by atoms with E-state index < -0.39 is 0 Å². The van der Waals surface area contributed by atoms with Gasteiger partial charge in [-0.15, -0.1) is 0 Å². The van der Waals surface area contributed by atoms with Crippen molar-refractivity contribution in [2.75, 3.05) is 19.6 Å². The zero-order chi connectivity index (χ0) is 15.2. The number of hydrogen-bond donors (Lipinski definition) is 2. The zero-order valence-corrected chi connectivity index (χ0v) is 14.0. The third-order valence-electron chi connectivity index (χ3n) is 4.22. The third-order valence-corrected chi connectivity index (χ3v) is 4.87. The van der Waals surface area contributed by atoms with E-state index in [4.69, 9.17) is 0 Å². The van der Waals surface area contributed by atoms with Crippen LogP contribution < -0.4 is 10.2 Å². The summed E-state index contributed by atoms with van der Waals surface area (Å²) in [4.78, 5) is 13.7. The summed E-state index contributed by atoms with van der Waals surface area (Å²) < 4.78 is 13.5. The first kappa shape index (κ1) is 16.4. The average Bonchev–Trinajstić information content (AvgIpc) is 2.45. The molecule has 0 saturated carbocycles. The van der Waals surface area contributed by atoms with Gasteiger partial charge in [-0.2, -0.15) is 0 Å². The van der Waals surface area contributed by atoms with Crippen molar-refractivity contribution in [2.45, 2.75) is 38.6 Å². The lowest BCUT2D eigenvalue weighted by Gasteiger charge is -2.30. The molecule has 1 aromatic rings. The van der Waals surface area contributed by atoms with Gasteiger partial charge in [0.15, 0.2) is 0 Å². The van der Waals surface area contributed by atoms with Gasteiger partial charge in [0.25, 0.3) is 5.91 Å². The Balaban J connectivity index is 1.74. The molecule has 0 spiro atoms. The summed E-state index contributed by atoms with van der Waals surface area (Å²) in [7, 11) is 0. The van der Waals surface area contributed by atoms with Crippen molar-refractivity contribution in [3.8, 4) is 0 Å². The van der Waals surface area contributed by atoms with Crippen LogP contribution in [0.1, 0.15) is 43.0 Å². The number of likely N-dealkylation sites (tertiary alicyclic amines) is 1. The van der Waals surface area contributed by atoms with Crippen molar-refractivity contribution in [2.24, 2.45) is 0 Å². The molecule has 0 radical (unpaired) electrons. The van der Waals surface area contributed by atoms with E-state index in [1.165, 1.54) is 44.0 Å². The zero-order valence-electron chi connectivity index (χ0n) is 12.4. The maximum absolute atomic E-state index is 13.0. The Morgan fingerprint density at radius 1 is 1.48 bits per heavy atom. The van der Waals surface area contributed by atoms with Crippen LogP contribution in [0.3, 0.4) is 0 Å². The number of piperidine rings is 1. The molecule has 116 valence electrons. The van der Waals surface area contributed by atoms with Crippen molar-refractivity contribution in [3.63, 3.8) is 0 Å². The van der Waals surface area contributed by atoms with Gasteiger partial charge in [0.1, 0.15) is 5.82 Å². The normalized spacial score (nSPS) is 22.0. The van der Waals surface area contributed by atoms with Gasteiger partial charge in [-0.05, 0) is 60.3 Å². The molecule has 0 aromatic heterocycles. The highest BCUT2D eigenvalue weighted by Crippen LogP contribution is 2.17. The van der Waals surface area contributed by atoms with Crippen LogP contribution in [0.4, 0.5) is 4.39 Å². The fraction of sp³-hybridized carbons (Fsp3) is 0.562. The minimum Gasteiger partial charge on any atom is -0.352 e. The summed E-state index contributed by atoms with van der Waals surface area (Å²) in [6.07, 6.45) is 4.95. The van der Waals surface area contributed by atoms with Crippen molar-refractivity contribution in [3.05, 3.63) is 34.1 Å². The quantitative estimate of drug-likeness (QED) is 0.778. The number of nitrogens with one attached hydrogen (secondary N) is 2. The number of hydrogen-bond acceptors (Lipinski definition) is 1. The van der Waals surface area contributed by atoms with Crippen molar-refractivity contribution in [1.29, 1.82) is 0 Å². The minimum atomic E-state index is -0.346. The van der Waals surface area contributed by atoms with Crippen LogP contribution in [0.15, 0.2) is 22.7 Å². The number of rotatable bonds is 5. The Labute approximate surface area is 134 Å². The predicted octanol–water partition coefficient (Wildman–Crippen LogP) is 2.17. The van der Waals surface area contributed by atoms with Crippen molar-refractivity contribution in [1.82, 2.24) is 5.32 Å². The van der Waals surface area contributed by atoms with E-state index in [1.807, 2.05) is 0 Å². The molecule has 2 rings (SSSR count). The Kier molecular flexibility index (Phi) is 6.18. The van der Waals surface area contributed by atoms with Crippen LogP contribution >= 0.6 is 15.9 Å². The molecule has 1 amide bonds. The number of benzene rings is 1. The molecule has 3 nitrogen and oxygen atoms in total. The summed E-state index contributed by atoms with van der Waals surface area (Å²) in [6, 6.07) is 4.86. The Hall–Kier alpha value is -0.940. The monoisotopic (exact) mass is 357 g/mol. The number of carbonyl (C=O) groups is 1. The van der Waals surface area contributed by atoms with Crippen LogP contribution in [0.25, 0.3) is 0 Å². The fourth-order valence-electron chi connectivity index (χ4n) is 2.91. The molecule has 5 heteroatoms. The summed E-state index contributed by atoms with van der Waals surface area (Å²) in [5.74, 6) is -0.496. The molecule has 1 unspecified atom stereocenters. The molecule has 0 bridgehead atoms. The lowest BCUT2D eigenvalue weighted by molar-refractivity contribution is -0.928. The van der Waals surface area contributed by atoms with Crippen LogP contribution in [-0.4, -0.2) is 31.6 Å². The fourth-order valence-corrected chi connectivity index (χ4v) is 3.44. The largest absolute Gasteiger partial charge is 0.352 e. The molecular formula is C16H23BrFN2O+. The van der Waals surface area contributed by atoms with E-state index in [1.54, 1.807) is 4.90 Å². The van der Waals surface area contributed by atoms with Gasteiger partial charge < -0.3 is 10.2 Å². The smallest absolute Gasteiger partial charge is 0.252 e. The highest BCUT2D eigenvalue weighted by Gasteiger charge is 2.21.